The molecule has 0 aromatic carbocycles. The van der Waals surface area contributed by atoms with Gasteiger partial charge >= 0.3 is 0 Å². The molecule has 2 rings (SSSR count). The summed E-state index contributed by atoms with van der Waals surface area (Å²) in [6, 6.07) is 0.705. The van der Waals surface area contributed by atoms with Crippen LogP contribution in [0.4, 0.5) is 0 Å². The van der Waals surface area contributed by atoms with Gasteiger partial charge in [-0.05, 0) is 45.1 Å². The first-order valence-electron chi connectivity index (χ1n) is 6.60. The minimum Gasteiger partial charge on any atom is -0.375 e. The molecule has 0 saturated heterocycles. The molecule has 0 amide bonds. The number of ether oxygens (including phenoxy) is 1. The van der Waals surface area contributed by atoms with Crippen LogP contribution >= 0.6 is 0 Å². The molecule has 0 heterocycles. The molecule has 0 aliphatic heterocycles. The summed E-state index contributed by atoms with van der Waals surface area (Å²) in [5.74, 6) is 0.880. The fraction of sp³-hybridized carbons (Fsp3) is 1.00. The quantitative estimate of drug-likeness (QED) is 0.775. The predicted octanol–water partition coefficient (Wildman–Crippen LogP) is 2.72. The summed E-state index contributed by atoms with van der Waals surface area (Å²) in [5.41, 5.74) is 0. The van der Waals surface area contributed by atoms with Gasteiger partial charge in [0.15, 0.2) is 0 Å². The van der Waals surface area contributed by atoms with Crippen LogP contribution in [0.3, 0.4) is 0 Å². The monoisotopic (exact) mass is 211 g/mol. The van der Waals surface area contributed by atoms with Gasteiger partial charge in [-0.2, -0.15) is 0 Å². The van der Waals surface area contributed by atoms with E-state index in [0.717, 1.165) is 5.92 Å². The lowest BCUT2D eigenvalue weighted by molar-refractivity contribution is -0.0357. The molecule has 2 fully saturated rings. The molecule has 2 heteroatoms. The molecular formula is C13H25NO. The molecule has 88 valence electrons. The number of nitrogens with one attached hydrogen (secondary N) is 1. The second-order valence-electron chi connectivity index (χ2n) is 5.45. The Balaban J connectivity index is 1.72. The summed E-state index contributed by atoms with van der Waals surface area (Å²) in [6.07, 6.45) is 10.2. The van der Waals surface area contributed by atoms with Crippen molar-refractivity contribution in [2.24, 2.45) is 5.92 Å². The third kappa shape index (κ3) is 3.18. The third-order valence-corrected chi connectivity index (χ3v) is 4.07. The van der Waals surface area contributed by atoms with E-state index in [-0.39, 0.29) is 0 Å². The van der Waals surface area contributed by atoms with E-state index in [1.807, 2.05) is 0 Å². The van der Waals surface area contributed by atoms with Crippen molar-refractivity contribution in [1.82, 2.24) is 5.32 Å². The minimum atomic E-state index is 0.540. The lowest BCUT2D eigenvalue weighted by atomic mass is 9.88. The second-order valence-corrected chi connectivity index (χ2v) is 5.45. The Morgan fingerprint density at radius 2 is 1.80 bits per heavy atom. The summed E-state index contributed by atoms with van der Waals surface area (Å²) >= 11 is 0. The molecule has 4 unspecified atom stereocenters. The Kier molecular flexibility index (Phi) is 4.04. The van der Waals surface area contributed by atoms with E-state index >= 15 is 0 Å². The smallest absolute Gasteiger partial charge is 0.0594 e. The lowest BCUT2D eigenvalue weighted by Gasteiger charge is -2.29. The highest BCUT2D eigenvalue weighted by atomic mass is 16.5. The molecule has 1 N–H and O–H groups in total. The summed E-state index contributed by atoms with van der Waals surface area (Å²) < 4.78 is 6.21. The van der Waals surface area contributed by atoms with Crippen LogP contribution in [0.25, 0.3) is 0 Å². The van der Waals surface area contributed by atoms with Gasteiger partial charge in [-0.1, -0.05) is 19.8 Å². The van der Waals surface area contributed by atoms with Gasteiger partial charge < -0.3 is 10.1 Å². The molecule has 15 heavy (non-hydrogen) atoms. The van der Waals surface area contributed by atoms with Crippen LogP contribution in [-0.4, -0.2) is 25.3 Å². The van der Waals surface area contributed by atoms with E-state index in [0.29, 0.717) is 18.2 Å². The van der Waals surface area contributed by atoms with Crippen molar-refractivity contribution in [3.8, 4) is 0 Å². The summed E-state index contributed by atoms with van der Waals surface area (Å²) in [6.45, 7) is 2.36. The number of hydrogen-bond acceptors (Lipinski definition) is 2. The fourth-order valence-electron chi connectivity index (χ4n) is 3.10. The highest BCUT2D eigenvalue weighted by Gasteiger charge is 2.28. The first kappa shape index (κ1) is 11.4. The number of hydrogen-bond donors (Lipinski definition) is 1. The van der Waals surface area contributed by atoms with Gasteiger partial charge in [0.1, 0.15) is 0 Å². The predicted molar refractivity (Wildman–Crippen MR) is 63.0 cm³/mol. The van der Waals surface area contributed by atoms with Crippen molar-refractivity contribution >= 4 is 0 Å². The van der Waals surface area contributed by atoms with Crippen LogP contribution in [0, 0.1) is 5.92 Å². The maximum atomic E-state index is 6.21. The normalized spacial score (nSPS) is 42.0. The van der Waals surface area contributed by atoms with Gasteiger partial charge in [0.25, 0.3) is 0 Å². The molecule has 0 bridgehead atoms. The van der Waals surface area contributed by atoms with E-state index in [4.69, 9.17) is 4.74 Å². The van der Waals surface area contributed by atoms with Crippen molar-refractivity contribution in [2.75, 3.05) is 7.05 Å². The van der Waals surface area contributed by atoms with Crippen molar-refractivity contribution < 1.29 is 4.74 Å². The van der Waals surface area contributed by atoms with Crippen LogP contribution in [0.5, 0.6) is 0 Å². The van der Waals surface area contributed by atoms with Crippen LogP contribution in [0.1, 0.15) is 51.9 Å². The Labute approximate surface area is 93.8 Å². The van der Waals surface area contributed by atoms with Crippen molar-refractivity contribution in [3.05, 3.63) is 0 Å². The Morgan fingerprint density at radius 1 is 1.00 bits per heavy atom. The molecule has 0 aromatic heterocycles. The van der Waals surface area contributed by atoms with Gasteiger partial charge in [0.2, 0.25) is 0 Å². The van der Waals surface area contributed by atoms with Gasteiger partial charge in [0.05, 0.1) is 12.2 Å². The lowest BCUT2D eigenvalue weighted by Crippen LogP contribution is -2.27. The molecular weight excluding hydrogens is 186 g/mol. The van der Waals surface area contributed by atoms with E-state index in [1.54, 1.807) is 0 Å². The molecule has 2 aliphatic carbocycles. The zero-order chi connectivity index (χ0) is 10.7. The van der Waals surface area contributed by atoms with Gasteiger partial charge in [-0.15, -0.1) is 0 Å². The zero-order valence-electron chi connectivity index (χ0n) is 10.2. The molecule has 2 saturated carbocycles. The van der Waals surface area contributed by atoms with Crippen LogP contribution in [0.15, 0.2) is 0 Å². The molecule has 0 aromatic rings. The van der Waals surface area contributed by atoms with Gasteiger partial charge in [-0.25, -0.2) is 0 Å². The molecule has 2 nitrogen and oxygen atoms in total. The second kappa shape index (κ2) is 5.31. The van der Waals surface area contributed by atoms with Crippen LogP contribution < -0.4 is 5.32 Å². The van der Waals surface area contributed by atoms with Crippen LogP contribution in [-0.2, 0) is 4.74 Å². The third-order valence-electron chi connectivity index (χ3n) is 4.07. The Bertz CT molecular complexity index is 195. The maximum absolute atomic E-state index is 6.21. The van der Waals surface area contributed by atoms with Crippen LogP contribution in [0.2, 0.25) is 0 Å². The Hall–Kier alpha value is -0.0800. The standard InChI is InChI=1S/C13H25NO/c1-10-4-3-5-12(8-10)15-13-7-6-11(9-13)14-2/h10-14H,3-9H2,1-2H3. The largest absolute Gasteiger partial charge is 0.375 e. The molecule has 0 radical (unpaired) electrons. The minimum absolute atomic E-state index is 0.540. The molecule has 0 spiro atoms. The average molecular weight is 211 g/mol. The highest BCUT2D eigenvalue weighted by Crippen LogP contribution is 2.30. The highest BCUT2D eigenvalue weighted by molar-refractivity contribution is 4.82. The summed E-state index contributed by atoms with van der Waals surface area (Å²) in [5, 5.41) is 3.36. The van der Waals surface area contributed by atoms with Crippen molar-refractivity contribution in [2.45, 2.75) is 70.1 Å². The maximum Gasteiger partial charge on any atom is 0.0594 e. The first-order valence-corrected chi connectivity index (χ1v) is 6.60. The molecule has 2 aliphatic rings. The molecule has 4 atom stereocenters. The fourth-order valence-corrected chi connectivity index (χ4v) is 3.10. The van der Waals surface area contributed by atoms with Gasteiger partial charge in [0, 0.05) is 6.04 Å². The number of rotatable bonds is 3. The average Bonchev–Trinajstić information content (AvgIpc) is 2.65. The first-order chi connectivity index (χ1) is 7.28. The SMILES string of the molecule is CNC1CCC(OC2CCCC(C)C2)C1. The Morgan fingerprint density at radius 3 is 2.47 bits per heavy atom. The zero-order valence-corrected chi connectivity index (χ0v) is 10.2. The van der Waals surface area contributed by atoms with Crippen molar-refractivity contribution in [1.29, 1.82) is 0 Å². The summed E-state index contributed by atoms with van der Waals surface area (Å²) in [4.78, 5) is 0. The van der Waals surface area contributed by atoms with E-state index in [2.05, 4.69) is 19.3 Å². The van der Waals surface area contributed by atoms with E-state index in [9.17, 15) is 0 Å². The topological polar surface area (TPSA) is 21.3 Å². The van der Waals surface area contributed by atoms with Gasteiger partial charge in [-0.3, -0.25) is 0 Å². The van der Waals surface area contributed by atoms with E-state index in [1.165, 1.54) is 44.9 Å². The van der Waals surface area contributed by atoms with Crippen molar-refractivity contribution in [3.63, 3.8) is 0 Å². The summed E-state index contributed by atoms with van der Waals surface area (Å²) in [7, 11) is 2.07. The van der Waals surface area contributed by atoms with E-state index < -0.39 is 0 Å².